The van der Waals surface area contributed by atoms with Gasteiger partial charge < -0.3 is 14.8 Å². The zero-order chi connectivity index (χ0) is 25.9. The monoisotopic (exact) mass is 552 g/mol. The number of alkyl halides is 3. The molecule has 1 amide bonds. The molecule has 0 aromatic heterocycles. The minimum Gasteiger partial charge on any atom is -0.493 e. The van der Waals surface area contributed by atoms with Gasteiger partial charge in [-0.1, -0.05) is 41.4 Å². The topological polar surface area (TPSA) is 59.9 Å². The molecule has 36 heavy (non-hydrogen) atoms. The Labute approximate surface area is 218 Å². The van der Waals surface area contributed by atoms with Crippen LogP contribution in [0.2, 0.25) is 10.0 Å². The van der Waals surface area contributed by atoms with Gasteiger partial charge in [0.05, 0.1) is 28.3 Å². The number of hydrogen-bond donors (Lipinski definition) is 1. The number of benzene rings is 3. The number of hydrogen-bond acceptors (Lipinski definition) is 5. The van der Waals surface area contributed by atoms with Crippen LogP contribution >= 0.6 is 35.0 Å². The summed E-state index contributed by atoms with van der Waals surface area (Å²) < 4.78 is 50.6. The van der Waals surface area contributed by atoms with Gasteiger partial charge in [-0.3, -0.25) is 4.79 Å². The Morgan fingerprint density at radius 3 is 2.47 bits per heavy atom. The summed E-state index contributed by atoms with van der Waals surface area (Å²) in [6, 6.07) is 15.7. The van der Waals surface area contributed by atoms with E-state index in [1.807, 2.05) is 12.1 Å². The van der Waals surface area contributed by atoms with Gasteiger partial charge in [0.1, 0.15) is 6.61 Å². The average Bonchev–Trinajstić information content (AvgIpc) is 3.17. The van der Waals surface area contributed by atoms with Crippen LogP contribution in [-0.2, 0) is 17.6 Å². The van der Waals surface area contributed by atoms with E-state index in [4.69, 9.17) is 32.7 Å². The second-order valence-corrected chi connectivity index (χ2v) is 9.34. The lowest BCUT2D eigenvalue weighted by molar-refractivity contribution is -0.137. The molecule has 0 spiro atoms. The number of carbonyl (C=O) groups is 1. The molecule has 0 atom stereocenters. The van der Waals surface area contributed by atoms with Crippen molar-refractivity contribution in [2.45, 2.75) is 12.8 Å². The van der Waals surface area contributed by atoms with Gasteiger partial charge in [0.2, 0.25) is 0 Å². The molecule has 0 saturated carbocycles. The molecule has 11 heteroatoms. The summed E-state index contributed by atoms with van der Waals surface area (Å²) in [7, 11) is 1.50. The van der Waals surface area contributed by atoms with Gasteiger partial charge >= 0.3 is 6.18 Å². The highest BCUT2D eigenvalue weighted by atomic mass is 35.5. The Morgan fingerprint density at radius 2 is 1.78 bits per heavy atom. The highest BCUT2D eigenvalue weighted by Crippen LogP contribution is 2.38. The number of amides is 1. The van der Waals surface area contributed by atoms with E-state index in [0.717, 1.165) is 29.5 Å². The molecule has 1 N–H and O–H groups in total. The van der Waals surface area contributed by atoms with Crippen LogP contribution in [0.25, 0.3) is 6.08 Å². The smallest absolute Gasteiger partial charge is 0.417 e. The van der Waals surface area contributed by atoms with Gasteiger partial charge in [-0.2, -0.15) is 13.2 Å². The predicted octanol–water partition coefficient (Wildman–Crippen LogP) is 7.49. The van der Waals surface area contributed by atoms with E-state index in [0.29, 0.717) is 33.6 Å². The zero-order valence-corrected chi connectivity index (χ0v) is 20.9. The normalized spacial score (nSPS) is 15.9. The third-order valence-corrected chi connectivity index (χ3v) is 6.42. The fourth-order valence-electron chi connectivity index (χ4n) is 3.18. The van der Waals surface area contributed by atoms with E-state index in [2.05, 4.69) is 10.3 Å². The lowest BCUT2D eigenvalue weighted by atomic mass is 10.2. The second-order valence-electron chi connectivity index (χ2n) is 7.47. The van der Waals surface area contributed by atoms with Crippen molar-refractivity contribution < 1.29 is 27.4 Å². The largest absolute Gasteiger partial charge is 0.493 e. The van der Waals surface area contributed by atoms with Crippen molar-refractivity contribution in [2.75, 3.05) is 7.11 Å². The van der Waals surface area contributed by atoms with Crippen LogP contribution < -0.4 is 14.8 Å². The predicted molar refractivity (Wildman–Crippen MR) is 136 cm³/mol. The highest BCUT2D eigenvalue weighted by Gasteiger charge is 2.33. The first-order chi connectivity index (χ1) is 17.1. The summed E-state index contributed by atoms with van der Waals surface area (Å²) >= 11 is 12.6. The van der Waals surface area contributed by atoms with Gasteiger partial charge in [-0.25, -0.2) is 4.99 Å². The standard InChI is InChI=1S/C25H17Cl2F3N2O3S/c1-34-21-10-15(4-9-20(21)35-13-14-2-5-16(26)6-3-14)11-22-23(33)32-24(36-22)31-17-7-8-19(27)18(12-17)25(28,29)30/h2-12H,13H2,1H3,(H,31,32,33)/b22-11-. The quantitative estimate of drug-likeness (QED) is 0.322. The molecule has 1 aliphatic rings. The van der Waals surface area contributed by atoms with E-state index in [-0.39, 0.29) is 10.9 Å². The lowest BCUT2D eigenvalue weighted by Crippen LogP contribution is -2.19. The molecular formula is C25H17Cl2F3N2O3S. The number of ether oxygens (including phenoxy) is 2. The number of carbonyl (C=O) groups excluding carboxylic acids is 1. The molecule has 0 bridgehead atoms. The van der Waals surface area contributed by atoms with Crippen LogP contribution in [0.3, 0.4) is 0 Å². The highest BCUT2D eigenvalue weighted by molar-refractivity contribution is 8.18. The Hall–Kier alpha value is -3.14. The SMILES string of the molecule is COc1cc(/C=C2\SC(=Nc3ccc(Cl)c(C(F)(F)F)c3)NC2=O)ccc1OCc1ccc(Cl)cc1. The fraction of sp³-hybridized carbons (Fsp3) is 0.120. The van der Waals surface area contributed by atoms with Crippen molar-refractivity contribution in [2.24, 2.45) is 4.99 Å². The fourth-order valence-corrected chi connectivity index (χ4v) is 4.38. The summed E-state index contributed by atoms with van der Waals surface area (Å²) in [5, 5.41) is 2.91. The minimum absolute atomic E-state index is 0.0135. The Bertz CT molecular complexity index is 1360. The second kappa shape index (κ2) is 10.9. The van der Waals surface area contributed by atoms with Crippen LogP contribution in [0.4, 0.5) is 18.9 Å². The Morgan fingerprint density at radius 1 is 1.03 bits per heavy atom. The van der Waals surface area contributed by atoms with Gasteiger partial charge in [0, 0.05) is 5.02 Å². The minimum atomic E-state index is -4.62. The first kappa shape index (κ1) is 25.9. The summed E-state index contributed by atoms with van der Waals surface area (Å²) in [6.07, 6.45) is -2.99. The molecule has 3 aromatic rings. The van der Waals surface area contributed by atoms with Crippen LogP contribution in [0.15, 0.2) is 70.6 Å². The first-order valence-electron chi connectivity index (χ1n) is 10.3. The number of nitrogens with one attached hydrogen (secondary N) is 1. The van der Waals surface area contributed by atoms with Crippen molar-refractivity contribution in [3.05, 3.63) is 92.3 Å². The van der Waals surface area contributed by atoms with E-state index in [9.17, 15) is 18.0 Å². The summed E-state index contributed by atoms with van der Waals surface area (Å²) in [5.74, 6) is 0.561. The van der Waals surface area contributed by atoms with E-state index in [1.54, 1.807) is 36.4 Å². The molecule has 1 saturated heterocycles. The number of nitrogens with zero attached hydrogens (tertiary/aromatic N) is 1. The molecule has 186 valence electrons. The Balaban J connectivity index is 1.50. The number of halogens is 5. The van der Waals surface area contributed by atoms with Gasteiger partial charge in [0.25, 0.3) is 5.91 Å². The van der Waals surface area contributed by atoms with E-state index >= 15 is 0 Å². The molecular weight excluding hydrogens is 536 g/mol. The molecule has 1 heterocycles. The maximum atomic E-state index is 13.1. The third-order valence-electron chi connectivity index (χ3n) is 4.93. The van der Waals surface area contributed by atoms with Crippen LogP contribution in [0.1, 0.15) is 16.7 Å². The number of aliphatic imine (C=N–C) groups is 1. The Kier molecular flexibility index (Phi) is 7.82. The summed E-state index contributed by atoms with van der Waals surface area (Å²) in [6.45, 7) is 0.312. The molecule has 4 rings (SSSR count). The summed E-state index contributed by atoms with van der Waals surface area (Å²) in [5.41, 5.74) is 0.609. The number of rotatable bonds is 6. The third kappa shape index (κ3) is 6.34. The van der Waals surface area contributed by atoms with Crippen molar-refractivity contribution in [1.29, 1.82) is 0 Å². The van der Waals surface area contributed by atoms with Gasteiger partial charge in [-0.15, -0.1) is 0 Å². The van der Waals surface area contributed by atoms with Crippen LogP contribution in [0, 0.1) is 0 Å². The maximum absolute atomic E-state index is 13.1. The molecule has 1 aliphatic heterocycles. The van der Waals surface area contributed by atoms with Crippen LogP contribution in [0.5, 0.6) is 11.5 Å². The van der Waals surface area contributed by atoms with Crippen LogP contribution in [-0.4, -0.2) is 18.2 Å². The number of thioether (sulfide) groups is 1. The zero-order valence-electron chi connectivity index (χ0n) is 18.5. The molecule has 0 aliphatic carbocycles. The van der Waals surface area contributed by atoms with Crippen molar-refractivity contribution in [3.8, 4) is 11.5 Å². The number of methoxy groups -OCH3 is 1. The van der Waals surface area contributed by atoms with Gasteiger partial charge in [-0.05, 0) is 71.4 Å². The van der Waals surface area contributed by atoms with Crippen molar-refractivity contribution in [3.63, 3.8) is 0 Å². The van der Waals surface area contributed by atoms with Crippen molar-refractivity contribution >= 4 is 57.8 Å². The first-order valence-corrected chi connectivity index (χ1v) is 11.9. The maximum Gasteiger partial charge on any atom is 0.417 e. The van der Waals surface area contributed by atoms with E-state index in [1.165, 1.54) is 13.2 Å². The van der Waals surface area contributed by atoms with Crippen molar-refractivity contribution in [1.82, 2.24) is 5.32 Å². The summed E-state index contributed by atoms with van der Waals surface area (Å²) in [4.78, 5) is 16.8. The van der Waals surface area contributed by atoms with E-state index < -0.39 is 22.7 Å². The molecule has 1 fully saturated rings. The molecule has 3 aromatic carbocycles. The number of amidine groups is 1. The molecule has 5 nitrogen and oxygen atoms in total. The average molecular weight is 553 g/mol. The molecule has 0 unspecified atom stereocenters. The van der Waals surface area contributed by atoms with Gasteiger partial charge in [0.15, 0.2) is 16.7 Å². The lowest BCUT2D eigenvalue weighted by Gasteiger charge is -2.11. The molecule has 0 radical (unpaired) electrons.